The molecule has 0 aliphatic carbocycles. The molecule has 1 fully saturated rings. The smallest absolute Gasteiger partial charge is 0.410 e. The number of benzene rings is 1. The number of amides is 1. The number of hydroxylamine groups is 1. The molecule has 1 atom stereocenters. The van der Waals surface area contributed by atoms with Gasteiger partial charge in [-0.1, -0.05) is 35.9 Å². The molecule has 1 aromatic rings. The molecule has 1 aromatic carbocycles. The molecule has 0 radical (unpaired) electrons. The van der Waals surface area contributed by atoms with Gasteiger partial charge in [0.2, 0.25) is 0 Å². The molecule has 1 amide bonds. The van der Waals surface area contributed by atoms with Crippen LogP contribution in [0.3, 0.4) is 0 Å². The number of carbonyl (C=O) groups is 1. The summed E-state index contributed by atoms with van der Waals surface area (Å²) in [6.45, 7) is 7.36. The zero-order chi connectivity index (χ0) is 18.4. The Morgan fingerprint density at radius 1 is 1.36 bits per heavy atom. The summed E-state index contributed by atoms with van der Waals surface area (Å²) in [7, 11) is 0. The molecule has 1 aliphatic heterocycles. The SMILES string of the molecule is CC(C)(C)OC(=O)N(Cc1ccc(C(Cl)NO)cc1)C1CCOCC1. The van der Waals surface area contributed by atoms with Crippen molar-refractivity contribution in [2.75, 3.05) is 13.2 Å². The van der Waals surface area contributed by atoms with Crippen LogP contribution in [0.5, 0.6) is 0 Å². The van der Waals surface area contributed by atoms with E-state index in [2.05, 4.69) is 0 Å². The predicted molar refractivity (Wildman–Crippen MR) is 95.6 cm³/mol. The first-order valence-electron chi connectivity index (χ1n) is 8.50. The highest BCUT2D eigenvalue weighted by molar-refractivity contribution is 6.20. The summed E-state index contributed by atoms with van der Waals surface area (Å²) < 4.78 is 11.0. The van der Waals surface area contributed by atoms with Crippen LogP contribution in [0.4, 0.5) is 4.79 Å². The molecular weight excluding hydrogens is 344 g/mol. The van der Waals surface area contributed by atoms with Crippen LogP contribution in [0.15, 0.2) is 24.3 Å². The summed E-state index contributed by atoms with van der Waals surface area (Å²) in [5.74, 6) is 0. The topological polar surface area (TPSA) is 71.0 Å². The molecule has 1 unspecified atom stereocenters. The number of carbonyl (C=O) groups excluding carboxylic acids is 1. The number of hydrogen-bond donors (Lipinski definition) is 2. The van der Waals surface area contributed by atoms with E-state index in [1.165, 1.54) is 0 Å². The Morgan fingerprint density at radius 2 is 1.96 bits per heavy atom. The van der Waals surface area contributed by atoms with Crippen LogP contribution < -0.4 is 5.48 Å². The normalized spacial score (nSPS) is 17.2. The molecule has 6 nitrogen and oxygen atoms in total. The van der Waals surface area contributed by atoms with Crippen LogP contribution in [0.25, 0.3) is 0 Å². The Bertz CT molecular complexity index is 553. The first-order valence-corrected chi connectivity index (χ1v) is 8.93. The number of hydrogen-bond acceptors (Lipinski definition) is 5. The van der Waals surface area contributed by atoms with Crippen LogP contribution >= 0.6 is 11.6 Å². The molecule has 1 aliphatic rings. The third kappa shape index (κ3) is 6.15. The first-order chi connectivity index (χ1) is 11.8. The molecule has 0 spiro atoms. The van der Waals surface area contributed by atoms with Gasteiger partial charge >= 0.3 is 6.09 Å². The van der Waals surface area contributed by atoms with E-state index < -0.39 is 11.1 Å². The fourth-order valence-corrected chi connectivity index (χ4v) is 2.87. The Balaban J connectivity index is 2.13. The van der Waals surface area contributed by atoms with Gasteiger partial charge in [-0.15, -0.1) is 0 Å². The Kier molecular flexibility index (Phi) is 7.07. The summed E-state index contributed by atoms with van der Waals surface area (Å²) >= 11 is 5.93. The minimum absolute atomic E-state index is 0.100. The van der Waals surface area contributed by atoms with E-state index in [9.17, 15) is 4.79 Å². The summed E-state index contributed by atoms with van der Waals surface area (Å²) in [4.78, 5) is 14.5. The van der Waals surface area contributed by atoms with Gasteiger partial charge in [-0.25, -0.2) is 4.79 Å². The second-order valence-electron chi connectivity index (χ2n) is 7.19. The van der Waals surface area contributed by atoms with Crippen molar-refractivity contribution < 1.29 is 19.5 Å². The quantitative estimate of drug-likeness (QED) is 0.468. The summed E-state index contributed by atoms with van der Waals surface area (Å²) in [5, 5.41) is 8.89. The maximum Gasteiger partial charge on any atom is 0.410 e. The number of halogens is 1. The number of rotatable bonds is 5. The summed E-state index contributed by atoms with van der Waals surface area (Å²) in [6.07, 6.45) is 1.29. The molecule has 0 bridgehead atoms. The lowest BCUT2D eigenvalue weighted by molar-refractivity contribution is -0.00808. The Labute approximate surface area is 154 Å². The van der Waals surface area contributed by atoms with Gasteiger partial charge < -0.3 is 19.6 Å². The van der Waals surface area contributed by atoms with Crippen molar-refractivity contribution in [3.05, 3.63) is 35.4 Å². The van der Waals surface area contributed by atoms with E-state index in [0.717, 1.165) is 24.0 Å². The summed E-state index contributed by atoms with van der Waals surface area (Å²) in [6, 6.07) is 7.56. The molecule has 140 valence electrons. The van der Waals surface area contributed by atoms with Crippen LogP contribution in [0.2, 0.25) is 0 Å². The van der Waals surface area contributed by atoms with Crippen molar-refractivity contribution in [3.8, 4) is 0 Å². The zero-order valence-electron chi connectivity index (χ0n) is 15.0. The number of ether oxygens (including phenoxy) is 2. The molecule has 7 heteroatoms. The van der Waals surface area contributed by atoms with Gasteiger partial charge in [0.1, 0.15) is 11.1 Å². The van der Waals surface area contributed by atoms with Gasteiger partial charge in [-0.05, 0) is 44.7 Å². The van der Waals surface area contributed by atoms with Crippen molar-refractivity contribution in [2.24, 2.45) is 0 Å². The van der Waals surface area contributed by atoms with Gasteiger partial charge in [0.15, 0.2) is 0 Å². The van der Waals surface area contributed by atoms with Crippen molar-refractivity contribution >= 4 is 17.7 Å². The third-order valence-corrected chi connectivity index (χ3v) is 4.35. The highest BCUT2D eigenvalue weighted by Gasteiger charge is 2.29. The average Bonchev–Trinajstić information content (AvgIpc) is 2.58. The highest BCUT2D eigenvalue weighted by atomic mass is 35.5. The fraction of sp³-hybridized carbons (Fsp3) is 0.611. The number of nitrogens with zero attached hydrogens (tertiary/aromatic N) is 1. The second kappa shape index (κ2) is 8.85. The lowest BCUT2D eigenvalue weighted by Crippen LogP contribution is -2.45. The largest absolute Gasteiger partial charge is 0.444 e. The van der Waals surface area contributed by atoms with Crippen molar-refractivity contribution in [1.82, 2.24) is 10.4 Å². The lowest BCUT2D eigenvalue weighted by Gasteiger charge is -2.35. The van der Waals surface area contributed by atoms with Gasteiger partial charge in [0, 0.05) is 25.8 Å². The monoisotopic (exact) mass is 370 g/mol. The minimum atomic E-state index is -0.661. The van der Waals surface area contributed by atoms with E-state index in [-0.39, 0.29) is 12.1 Å². The van der Waals surface area contributed by atoms with Gasteiger partial charge in [0.25, 0.3) is 0 Å². The molecule has 2 rings (SSSR count). The van der Waals surface area contributed by atoms with Crippen LogP contribution in [0.1, 0.15) is 50.2 Å². The maximum absolute atomic E-state index is 12.7. The molecule has 1 saturated heterocycles. The number of nitrogens with one attached hydrogen (secondary N) is 1. The molecule has 2 N–H and O–H groups in total. The van der Waals surface area contributed by atoms with E-state index in [4.69, 9.17) is 26.3 Å². The Morgan fingerprint density at radius 3 is 2.48 bits per heavy atom. The van der Waals surface area contributed by atoms with Crippen molar-refractivity contribution in [1.29, 1.82) is 0 Å². The first kappa shape index (κ1) is 20.0. The molecule has 1 heterocycles. The fourth-order valence-electron chi connectivity index (χ4n) is 2.72. The maximum atomic E-state index is 12.7. The highest BCUT2D eigenvalue weighted by Crippen LogP contribution is 2.22. The van der Waals surface area contributed by atoms with E-state index in [1.54, 1.807) is 4.90 Å². The van der Waals surface area contributed by atoms with Gasteiger partial charge in [-0.3, -0.25) is 0 Å². The van der Waals surface area contributed by atoms with E-state index in [0.29, 0.717) is 19.8 Å². The van der Waals surface area contributed by atoms with Gasteiger partial charge in [-0.2, -0.15) is 5.48 Å². The minimum Gasteiger partial charge on any atom is -0.444 e. The second-order valence-corrected chi connectivity index (χ2v) is 7.62. The van der Waals surface area contributed by atoms with Crippen LogP contribution in [0, 0.1) is 0 Å². The molecular formula is C18H27ClN2O4. The van der Waals surface area contributed by atoms with Gasteiger partial charge in [0.05, 0.1) is 0 Å². The predicted octanol–water partition coefficient (Wildman–Crippen LogP) is 3.82. The van der Waals surface area contributed by atoms with E-state index >= 15 is 0 Å². The van der Waals surface area contributed by atoms with E-state index in [1.807, 2.05) is 50.5 Å². The van der Waals surface area contributed by atoms with Crippen molar-refractivity contribution in [2.45, 2.75) is 57.3 Å². The zero-order valence-corrected chi connectivity index (χ0v) is 15.8. The molecule has 0 aromatic heterocycles. The third-order valence-electron chi connectivity index (χ3n) is 4.00. The van der Waals surface area contributed by atoms with Crippen LogP contribution in [-0.4, -0.2) is 41.1 Å². The summed E-state index contributed by atoms with van der Waals surface area (Å²) in [5.41, 5.74) is 2.53. The lowest BCUT2D eigenvalue weighted by atomic mass is 10.1. The standard InChI is InChI=1S/C18H27ClN2O4/c1-18(2,3)25-17(22)21(15-8-10-24-11-9-15)12-13-4-6-14(7-5-13)16(19)20-23/h4-7,15-16,20,23H,8-12H2,1-3H3. The van der Waals surface area contributed by atoms with Crippen LogP contribution in [-0.2, 0) is 16.0 Å². The average molecular weight is 371 g/mol. The number of alkyl halides is 1. The Hall–Kier alpha value is -1.34. The molecule has 25 heavy (non-hydrogen) atoms. The van der Waals surface area contributed by atoms with Crippen molar-refractivity contribution in [3.63, 3.8) is 0 Å². The molecule has 0 saturated carbocycles.